The molecule has 0 spiro atoms. The van der Waals surface area contributed by atoms with Gasteiger partial charge in [-0.15, -0.1) is 0 Å². The van der Waals surface area contributed by atoms with Crippen LogP contribution in [0.3, 0.4) is 0 Å². The molecule has 0 bridgehead atoms. The Hall–Kier alpha value is -1.41. The minimum absolute atomic E-state index is 0.103. The molecule has 1 fully saturated rings. The van der Waals surface area contributed by atoms with Crippen LogP contribution in [0.1, 0.15) is 36.5 Å². The molecule has 0 unspecified atom stereocenters. The van der Waals surface area contributed by atoms with Crippen molar-refractivity contribution in [2.24, 2.45) is 5.92 Å². The average Bonchev–Trinajstić information content (AvgIpc) is 2.79. The van der Waals surface area contributed by atoms with E-state index >= 15 is 0 Å². The van der Waals surface area contributed by atoms with Gasteiger partial charge in [-0.25, -0.2) is 0 Å². The van der Waals surface area contributed by atoms with E-state index in [1.165, 1.54) is 24.0 Å². The Kier molecular flexibility index (Phi) is 8.27. The van der Waals surface area contributed by atoms with Crippen LogP contribution in [0.4, 0.5) is 0 Å². The van der Waals surface area contributed by atoms with Crippen molar-refractivity contribution in [2.45, 2.75) is 43.8 Å². The molecule has 0 amide bonds. The van der Waals surface area contributed by atoms with Crippen LogP contribution in [0.5, 0.6) is 0 Å². The number of likely N-dealkylation sites (tertiary alicyclic amines) is 1. The van der Waals surface area contributed by atoms with Gasteiger partial charge in [0.1, 0.15) is 0 Å². The Morgan fingerprint density at radius 1 is 0.938 bits per heavy atom. The molecule has 4 rings (SSSR count). The van der Waals surface area contributed by atoms with Gasteiger partial charge in [0.05, 0.1) is 0 Å². The fourth-order valence-electron chi connectivity index (χ4n) is 3.83. The Bertz CT molecular complexity index is 1090. The third-order valence-electron chi connectivity index (χ3n) is 5.85. The quantitative estimate of drug-likeness (QED) is 0.243. The smallest absolute Gasteiger partial charge is 0.278 e. The van der Waals surface area contributed by atoms with Crippen molar-refractivity contribution in [3.8, 4) is 0 Å². The van der Waals surface area contributed by atoms with Crippen molar-refractivity contribution in [1.29, 1.82) is 0 Å². The normalized spacial score (nSPS) is 15.2. The third kappa shape index (κ3) is 6.56. The lowest BCUT2D eigenvalue weighted by atomic mass is 9.99. The highest BCUT2D eigenvalue weighted by atomic mass is 79.9. The van der Waals surface area contributed by atoms with Gasteiger partial charge in [0.2, 0.25) is 0 Å². The molecule has 168 valence electrons. The highest BCUT2D eigenvalue weighted by Crippen LogP contribution is 2.24. The van der Waals surface area contributed by atoms with Gasteiger partial charge < -0.3 is 4.57 Å². The van der Waals surface area contributed by atoms with E-state index in [0.717, 1.165) is 44.4 Å². The van der Waals surface area contributed by atoms with Crippen molar-refractivity contribution in [2.75, 3.05) is 13.1 Å². The highest BCUT2D eigenvalue weighted by molar-refractivity contribution is 9.10. The first kappa shape index (κ1) is 23.7. The minimum Gasteiger partial charge on any atom is -0.323 e. The first-order valence-corrected chi connectivity index (χ1v) is 13.5. The zero-order valence-corrected chi connectivity index (χ0v) is 22.1. The summed E-state index contributed by atoms with van der Waals surface area (Å²) >= 11 is 8.60. The lowest BCUT2D eigenvalue weighted by molar-refractivity contribution is 0.184. The van der Waals surface area contributed by atoms with Crippen LogP contribution in [0.15, 0.2) is 73.6 Å². The molecule has 1 aliphatic heterocycles. The summed E-state index contributed by atoms with van der Waals surface area (Å²) in [7, 11) is 0. The van der Waals surface area contributed by atoms with Gasteiger partial charge >= 0.3 is 0 Å². The van der Waals surface area contributed by atoms with Crippen molar-refractivity contribution >= 4 is 43.6 Å². The molecule has 1 aliphatic rings. The molecule has 0 radical (unpaired) electrons. The number of hydrogen-bond donors (Lipinski definition) is 0. The summed E-state index contributed by atoms with van der Waals surface area (Å²) in [5, 5.41) is 0.761. The van der Waals surface area contributed by atoms with E-state index in [0.29, 0.717) is 13.1 Å². The second-order valence-electron chi connectivity index (χ2n) is 8.48. The Morgan fingerprint density at radius 2 is 1.53 bits per heavy atom. The zero-order chi connectivity index (χ0) is 22.5. The Labute approximate surface area is 210 Å². The summed E-state index contributed by atoms with van der Waals surface area (Å²) in [5.41, 5.74) is 3.06. The molecule has 4 nitrogen and oxygen atoms in total. The van der Waals surface area contributed by atoms with E-state index in [1.54, 1.807) is 11.8 Å². The second kappa shape index (κ2) is 11.1. The summed E-state index contributed by atoms with van der Waals surface area (Å²) in [6.07, 6.45) is 4.42. The molecule has 0 aliphatic carbocycles. The number of nitrogens with zero attached hydrogens (tertiary/aromatic N) is 3. The molecule has 2 aromatic carbocycles. The maximum absolute atomic E-state index is 12.9. The molecule has 7 heteroatoms. The van der Waals surface area contributed by atoms with Crippen LogP contribution in [0, 0.1) is 5.92 Å². The number of aromatic nitrogens is 2. The van der Waals surface area contributed by atoms with Gasteiger partial charge in [-0.2, -0.15) is 4.98 Å². The fraction of sp³-hybridized carbons (Fsp3) is 0.360. The SMILES string of the molecule is CC1CCN(Cc2cn(Cc3ccc(Br)cc3)c(SCc3ccc(Br)cc3)nc2=O)CC1. The maximum atomic E-state index is 12.9. The van der Waals surface area contributed by atoms with Crippen molar-refractivity contribution in [3.63, 3.8) is 0 Å². The number of rotatable bonds is 7. The minimum atomic E-state index is -0.103. The fourth-order valence-corrected chi connectivity index (χ4v) is 5.28. The van der Waals surface area contributed by atoms with Gasteiger partial charge in [-0.1, -0.05) is 74.8 Å². The van der Waals surface area contributed by atoms with E-state index in [2.05, 4.69) is 89.6 Å². The number of halogens is 2. The molecular formula is C25H27Br2N3OS. The van der Waals surface area contributed by atoms with Crippen LogP contribution in [-0.2, 0) is 18.8 Å². The molecule has 2 heterocycles. The van der Waals surface area contributed by atoms with Crippen LogP contribution >= 0.6 is 43.6 Å². The van der Waals surface area contributed by atoms with Crippen molar-refractivity contribution < 1.29 is 0 Å². The van der Waals surface area contributed by atoms with Crippen LogP contribution in [-0.4, -0.2) is 27.5 Å². The van der Waals surface area contributed by atoms with Crippen LogP contribution < -0.4 is 5.56 Å². The lowest BCUT2D eigenvalue weighted by Crippen LogP contribution is -2.34. The summed E-state index contributed by atoms with van der Waals surface area (Å²) in [6.45, 7) is 5.77. The maximum Gasteiger partial charge on any atom is 0.278 e. The van der Waals surface area contributed by atoms with Crippen molar-refractivity contribution in [3.05, 3.63) is 90.7 Å². The largest absolute Gasteiger partial charge is 0.323 e. The average molecular weight is 577 g/mol. The Balaban J connectivity index is 1.58. The van der Waals surface area contributed by atoms with Crippen LogP contribution in [0.2, 0.25) is 0 Å². The Morgan fingerprint density at radius 3 is 2.16 bits per heavy atom. The predicted molar refractivity (Wildman–Crippen MR) is 139 cm³/mol. The molecule has 1 aromatic heterocycles. The predicted octanol–water partition coefficient (Wildman–Crippen LogP) is 6.34. The van der Waals surface area contributed by atoms with Crippen molar-refractivity contribution in [1.82, 2.24) is 14.5 Å². The summed E-state index contributed by atoms with van der Waals surface area (Å²) in [5.74, 6) is 1.54. The highest BCUT2D eigenvalue weighted by Gasteiger charge is 2.18. The summed E-state index contributed by atoms with van der Waals surface area (Å²) in [6, 6.07) is 16.6. The number of benzene rings is 2. The van der Waals surface area contributed by atoms with Gasteiger partial charge in [0.25, 0.3) is 5.56 Å². The molecule has 0 N–H and O–H groups in total. The zero-order valence-electron chi connectivity index (χ0n) is 18.1. The van der Waals surface area contributed by atoms with Gasteiger partial charge in [0, 0.05) is 39.5 Å². The monoisotopic (exact) mass is 575 g/mol. The topological polar surface area (TPSA) is 38.1 Å². The standard InChI is InChI=1S/C25H27Br2N3OS/c1-18-10-12-29(13-11-18)15-21-16-30(14-19-2-6-22(26)7-3-19)25(28-24(21)31)32-17-20-4-8-23(27)9-5-20/h2-9,16,18H,10-15,17H2,1H3. The van der Waals surface area contributed by atoms with E-state index < -0.39 is 0 Å². The molecule has 1 saturated heterocycles. The summed E-state index contributed by atoms with van der Waals surface area (Å²) < 4.78 is 4.26. The molecule has 0 saturated carbocycles. The van der Waals surface area contributed by atoms with Gasteiger partial charge in [-0.3, -0.25) is 9.69 Å². The van der Waals surface area contributed by atoms with E-state index in [1.807, 2.05) is 18.3 Å². The first-order chi connectivity index (χ1) is 15.5. The van der Waals surface area contributed by atoms with Gasteiger partial charge in [0.15, 0.2) is 5.16 Å². The van der Waals surface area contributed by atoms with Crippen LogP contribution in [0.25, 0.3) is 0 Å². The third-order valence-corrected chi connectivity index (χ3v) is 7.97. The van der Waals surface area contributed by atoms with E-state index in [-0.39, 0.29) is 5.56 Å². The molecule has 3 aromatic rings. The lowest BCUT2D eigenvalue weighted by Gasteiger charge is -2.30. The molecule has 0 atom stereocenters. The second-order valence-corrected chi connectivity index (χ2v) is 11.3. The number of thioether (sulfide) groups is 1. The van der Waals surface area contributed by atoms with Gasteiger partial charge in [-0.05, 0) is 67.2 Å². The molecule has 32 heavy (non-hydrogen) atoms. The number of hydrogen-bond acceptors (Lipinski definition) is 4. The molecular weight excluding hydrogens is 550 g/mol. The van der Waals surface area contributed by atoms with E-state index in [4.69, 9.17) is 0 Å². The van der Waals surface area contributed by atoms with E-state index in [9.17, 15) is 4.79 Å². The number of piperidine rings is 1. The first-order valence-electron chi connectivity index (χ1n) is 10.9. The summed E-state index contributed by atoms with van der Waals surface area (Å²) in [4.78, 5) is 19.8.